The van der Waals surface area contributed by atoms with Gasteiger partial charge in [-0.3, -0.25) is 4.79 Å². The topological polar surface area (TPSA) is 30.2 Å². The maximum absolute atomic E-state index is 12.5. The minimum Gasteiger partial charge on any atom is -0.453 e. The van der Waals surface area contributed by atoms with E-state index in [1.165, 1.54) is 11.3 Å². The first-order valence-electron chi connectivity index (χ1n) is 6.23. The van der Waals surface area contributed by atoms with Crippen molar-refractivity contribution in [2.45, 2.75) is 6.92 Å². The van der Waals surface area contributed by atoms with Crippen molar-refractivity contribution in [1.82, 2.24) is 0 Å². The van der Waals surface area contributed by atoms with Crippen LogP contribution in [0, 0.1) is 6.92 Å². The predicted octanol–water partition coefficient (Wildman–Crippen LogP) is 5.25. The molecule has 98 valence electrons. The molecule has 0 saturated heterocycles. The third kappa shape index (κ3) is 1.80. The van der Waals surface area contributed by atoms with Gasteiger partial charge in [-0.2, -0.15) is 0 Å². The molecule has 2 nitrogen and oxygen atoms in total. The maximum Gasteiger partial charge on any atom is 0.238 e. The third-order valence-electron chi connectivity index (χ3n) is 3.26. The Morgan fingerprint density at radius 3 is 2.85 bits per heavy atom. The van der Waals surface area contributed by atoms with E-state index in [0.29, 0.717) is 5.76 Å². The zero-order valence-corrected chi connectivity index (χ0v) is 12.3. The van der Waals surface area contributed by atoms with Crippen molar-refractivity contribution in [3.63, 3.8) is 0 Å². The van der Waals surface area contributed by atoms with Gasteiger partial charge in [0.15, 0.2) is 5.76 Å². The lowest BCUT2D eigenvalue weighted by atomic mass is 10.1. The molecule has 0 bridgehead atoms. The van der Waals surface area contributed by atoms with E-state index in [1.54, 1.807) is 11.3 Å². The second-order valence-corrected chi connectivity index (χ2v) is 6.77. The number of rotatable bonds is 2. The molecule has 0 N–H and O–H groups in total. The van der Waals surface area contributed by atoms with Gasteiger partial charge in [-0.15, -0.1) is 22.7 Å². The lowest BCUT2D eigenvalue weighted by Crippen LogP contribution is -1.95. The van der Waals surface area contributed by atoms with Gasteiger partial charge in [-0.05, 0) is 42.6 Å². The second-order valence-electron chi connectivity index (χ2n) is 4.74. The van der Waals surface area contributed by atoms with E-state index in [9.17, 15) is 4.79 Å². The average Bonchev–Trinajstić information content (AvgIpc) is 3.10. The van der Waals surface area contributed by atoms with E-state index in [4.69, 9.17) is 4.42 Å². The molecule has 0 radical (unpaired) electrons. The van der Waals surface area contributed by atoms with E-state index < -0.39 is 0 Å². The molecule has 0 amide bonds. The molecular formula is C16H10O2S2. The smallest absolute Gasteiger partial charge is 0.238 e. The molecule has 0 saturated carbocycles. The standard InChI is InChI=1S/C16H10O2S2/c1-9-2-3-11-10(6-9)7-12(18-11)16(17)15-8-14-13(20-15)4-5-19-14/h2-8H,1H3. The number of hydrogen-bond acceptors (Lipinski definition) is 4. The molecule has 4 rings (SSSR count). The highest BCUT2D eigenvalue weighted by Gasteiger charge is 2.17. The number of ketones is 1. The maximum atomic E-state index is 12.5. The summed E-state index contributed by atoms with van der Waals surface area (Å²) in [5, 5.41) is 3.02. The zero-order chi connectivity index (χ0) is 13.7. The summed E-state index contributed by atoms with van der Waals surface area (Å²) in [7, 11) is 0. The minimum atomic E-state index is -0.0350. The molecule has 1 aromatic carbocycles. The van der Waals surface area contributed by atoms with Crippen LogP contribution in [0.15, 0.2) is 46.2 Å². The number of benzene rings is 1. The van der Waals surface area contributed by atoms with E-state index in [1.807, 2.05) is 48.7 Å². The molecule has 3 aromatic heterocycles. The summed E-state index contributed by atoms with van der Waals surface area (Å²) in [5.74, 6) is 0.381. The largest absolute Gasteiger partial charge is 0.453 e. The molecule has 3 heterocycles. The molecule has 4 aromatic rings. The number of fused-ring (bicyclic) bond motifs is 2. The summed E-state index contributed by atoms with van der Waals surface area (Å²) in [4.78, 5) is 13.2. The lowest BCUT2D eigenvalue weighted by Gasteiger charge is -1.91. The number of thiophene rings is 2. The summed E-state index contributed by atoms with van der Waals surface area (Å²) >= 11 is 3.18. The van der Waals surface area contributed by atoms with Gasteiger partial charge >= 0.3 is 0 Å². The van der Waals surface area contributed by atoms with Gasteiger partial charge < -0.3 is 4.42 Å². The van der Waals surface area contributed by atoms with E-state index >= 15 is 0 Å². The highest BCUT2D eigenvalue weighted by molar-refractivity contribution is 7.28. The number of furan rings is 1. The van der Waals surface area contributed by atoms with Crippen molar-refractivity contribution in [3.8, 4) is 0 Å². The average molecular weight is 298 g/mol. The summed E-state index contributed by atoms with van der Waals surface area (Å²) in [6, 6.07) is 11.8. The van der Waals surface area contributed by atoms with Gasteiger partial charge in [-0.1, -0.05) is 11.6 Å². The quantitative estimate of drug-likeness (QED) is 0.473. The molecule has 4 heteroatoms. The fraction of sp³-hybridized carbons (Fsp3) is 0.0625. The van der Waals surface area contributed by atoms with Crippen molar-refractivity contribution in [3.05, 3.63) is 58.0 Å². The first-order chi connectivity index (χ1) is 9.70. The molecule has 0 aliphatic rings. The fourth-order valence-corrected chi connectivity index (χ4v) is 4.33. The summed E-state index contributed by atoms with van der Waals surface area (Å²) < 4.78 is 7.99. The van der Waals surface area contributed by atoms with Gasteiger partial charge in [0, 0.05) is 14.8 Å². The Hall–Kier alpha value is -1.91. The van der Waals surface area contributed by atoms with Crippen LogP contribution >= 0.6 is 22.7 Å². The monoisotopic (exact) mass is 298 g/mol. The SMILES string of the molecule is Cc1ccc2oc(C(=O)c3cc4sccc4s3)cc2c1. The number of hydrogen-bond donors (Lipinski definition) is 0. The van der Waals surface area contributed by atoms with Crippen LogP contribution in [0.2, 0.25) is 0 Å². The van der Waals surface area contributed by atoms with Crippen LogP contribution in [0.1, 0.15) is 21.0 Å². The molecule has 20 heavy (non-hydrogen) atoms. The normalized spacial score (nSPS) is 11.4. The van der Waals surface area contributed by atoms with Crippen LogP contribution in [-0.2, 0) is 0 Å². The Morgan fingerprint density at radius 2 is 2.00 bits per heavy atom. The van der Waals surface area contributed by atoms with E-state index in [-0.39, 0.29) is 5.78 Å². The minimum absolute atomic E-state index is 0.0350. The van der Waals surface area contributed by atoms with Gasteiger partial charge in [0.25, 0.3) is 0 Å². The highest BCUT2D eigenvalue weighted by Crippen LogP contribution is 2.32. The predicted molar refractivity (Wildman–Crippen MR) is 84.1 cm³/mol. The molecule has 0 aliphatic carbocycles. The van der Waals surface area contributed by atoms with Gasteiger partial charge in [0.05, 0.1) is 4.88 Å². The first-order valence-corrected chi connectivity index (χ1v) is 7.92. The second kappa shape index (κ2) is 4.30. The molecule has 0 aliphatic heterocycles. The Kier molecular flexibility index (Phi) is 2.55. The van der Waals surface area contributed by atoms with Gasteiger partial charge in [-0.25, -0.2) is 0 Å². The fourth-order valence-electron chi connectivity index (χ4n) is 2.27. The van der Waals surface area contributed by atoms with E-state index in [2.05, 4.69) is 0 Å². The third-order valence-corrected chi connectivity index (χ3v) is 5.35. The Labute approximate surface area is 123 Å². The van der Waals surface area contributed by atoms with Gasteiger partial charge in [0.1, 0.15) is 5.58 Å². The molecular weight excluding hydrogens is 288 g/mol. The Bertz CT molecular complexity index is 911. The number of carbonyl (C=O) groups is 1. The number of carbonyl (C=O) groups excluding carboxylic acids is 1. The van der Waals surface area contributed by atoms with Crippen LogP contribution in [0.25, 0.3) is 20.4 Å². The van der Waals surface area contributed by atoms with Crippen molar-refractivity contribution < 1.29 is 9.21 Å². The first kappa shape index (κ1) is 11.9. The highest BCUT2D eigenvalue weighted by atomic mass is 32.1. The van der Waals surface area contributed by atoms with Crippen molar-refractivity contribution >= 4 is 48.8 Å². The van der Waals surface area contributed by atoms with Crippen molar-refractivity contribution in [1.29, 1.82) is 0 Å². The van der Waals surface area contributed by atoms with Crippen LogP contribution < -0.4 is 0 Å². The van der Waals surface area contributed by atoms with Crippen molar-refractivity contribution in [2.24, 2.45) is 0 Å². The van der Waals surface area contributed by atoms with Crippen molar-refractivity contribution in [2.75, 3.05) is 0 Å². The summed E-state index contributed by atoms with van der Waals surface area (Å²) in [6.45, 7) is 2.03. The van der Waals surface area contributed by atoms with Crippen LogP contribution in [-0.4, -0.2) is 5.78 Å². The molecule has 0 fully saturated rings. The summed E-state index contributed by atoms with van der Waals surface area (Å²) in [6.07, 6.45) is 0. The Balaban J connectivity index is 1.81. The molecule has 0 unspecified atom stereocenters. The summed E-state index contributed by atoms with van der Waals surface area (Å²) in [5.41, 5.74) is 1.92. The van der Waals surface area contributed by atoms with Crippen LogP contribution in [0.3, 0.4) is 0 Å². The Morgan fingerprint density at radius 1 is 1.10 bits per heavy atom. The lowest BCUT2D eigenvalue weighted by molar-refractivity contribution is 0.101. The number of aryl methyl sites for hydroxylation is 1. The van der Waals surface area contributed by atoms with Crippen LogP contribution in [0.5, 0.6) is 0 Å². The zero-order valence-electron chi connectivity index (χ0n) is 10.7. The van der Waals surface area contributed by atoms with Crippen LogP contribution in [0.4, 0.5) is 0 Å². The van der Waals surface area contributed by atoms with E-state index in [0.717, 1.165) is 30.8 Å². The molecule has 0 atom stereocenters. The van der Waals surface area contributed by atoms with Gasteiger partial charge in [0.2, 0.25) is 5.78 Å². The molecule has 0 spiro atoms.